The third kappa shape index (κ3) is 10.9. The topological polar surface area (TPSA) is 17.1 Å². The van der Waals surface area contributed by atoms with Crippen LogP contribution in [0.2, 0.25) is 0 Å². The molecular weight excluding hydrogens is 320 g/mol. The van der Waals surface area contributed by atoms with Crippen LogP contribution in [0.4, 0.5) is 0 Å². The lowest BCUT2D eigenvalue weighted by Crippen LogP contribution is -2.05. The molecule has 0 fully saturated rings. The normalized spacial score (nSPS) is 12.7. The summed E-state index contributed by atoms with van der Waals surface area (Å²) < 4.78 is 0.0745. The van der Waals surface area contributed by atoms with E-state index < -0.39 is 0 Å². The van der Waals surface area contributed by atoms with E-state index in [2.05, 4.69) is 38.8 Å². The Balaban J connectivity index is 3.08. The van der Waals surface area contributed by atoms with Crippen molar-refractivity contribution in [2.45, 2.75) is 69.5 Å². The van der Waals surface area contributed by atoms with Gasteiger partial charge in [0.25, 0.3) is 0 Å². The van der Waals surface area contributed by atoms with Gasteiger partial charge in [-0.1, -0.05) is 74.2 Å². The lowest BCUT2D eigenvalue weighted by Gasteiger charge is -2.04. The molecule has 0 radical (unpaired) electrons. The summed E-state index contributed by atoms with van der Waals surface area (Å²) in [5.74, 6) is 0. The predicted octanol–water partition coefficient (Wildman–Crippen LogP) is 5.20. The van der Waals surface area contributed by atoms with Gasteiger partial charge in [0.2, 0.25) is 4.69 Å². The van der Waals surface area contributed by atoms with Crippen molar-refractivity contribution in [1.29, 1.82) is 0 Å². The van der Waals surface area contributed by atoms with Gasteiger partial charge in [-0.15, -0.1) is 0 Å². The van der Waals surface area contributed by atoms with Gasteiger partial charge < -0.3 is 0 Å². The maximum Gasteiger partial charge on any atom is 0.211 e. The van der Waals surface area contributed by atoms with E-state index in [4.69, 9.17) is 0 Å². The third-order valence-electron chi connectivity index (χ3n) is 2.56. The van der Waals surface area contributed by atoms with Crippen LogP contribution in [-0.2, 0) is 4.79 Å². The molecule has 15 heavy (non-hydrogen) atoms. The van der Waals surface area contributed by atoms with Crippen LogP contribution in [0.3, 0.4) is 0 Å². The van der Waals surface area contributed by atoms with Crippen molar-refractivity contribution in [2.24, 2.45) is 0 Å². The fourth-order valence-electron chi connectivity index (χ4n) is 1.57. The van der Waals surface area contributed by atoms with Crippen LogP contribution in [-0.4, -0.2) is 9.52 Å². The molecule has 0 spiro atoms. The first-order valence-electron chi connectivity index (χ1n) is 6.02. The SMILES string of the molecule is CCCCCCCCCCC(Br)C(=O)Br. The smallest absolute Gasteiger partial charge is 0.211 e. The molecule has 0 heterocycles. The molecule has 0 aliphatic carbocycles. The number of hydrogen-bond acceptors (Lipinski definition) is 1. The molecule has 90 valence electrons. The van der Waals surface area contributed by atoms with Crippen molar-refractivity contribution in [3.63, 3.8) is 0 Å². The van der Waals surface area contributed by atoms with Crippen LogP contribution in [0.5, 0.6) is 0 Å². The van der Waals surface area contributed by atoms with Crippen molar-refractivity contribution in [3.05, 3.63) is 0 Å². The fourth-order valence-corrected chi connectivity index (χ4v) is 2.12. The Morgan fingerprint density at radius 2 is 1.47 bits per heavy atom. The van der Waals surface area contributed by atoms with Crippen molar-refractivity contribution in [3.8, 4) is 0 Å². The fraction of sp³-hybridized carbons (Fsp3) is 0.917. The second-order valence-electron chi connectivity index (χ2n) is 4.04. The van der Waals surface area contributed by atoms with Crippen LogP contribution >= 0.6 is 31.9 Å². The van der Waals surface area contributed by atoms with E-state index in [-0.39, 0.29) is 9.52 Å². The summed E-state index contributed by atoms with van der Waals surface area (Å²) in [7, 11) is 0. The van der Waals surface area contributed by atoms with Gasteiger partial charge in [-0.3, -0.25) is 4.79 Å². The highest BCUT2D eigenvalue weighted by atomic mass is 79.9. The molecular formula is C12H22Br2O. The second-order valence-corrected chi connectivity index (χ2v) is 5.92. The number of halogens is 2. The van der Waals surface area contributed by atoms with E-state index in [0.29, 0.717) is 0 Å². The number of carbonyl (C=O) groups is 1. The molecule has 3 heteroatoms. The first-order valence-corrected chi connectivity index (χ1v) is 7.72. The van der Waals surface area contributed by atoms with E-state index in [1.807, 2.05) is 0 Å². The van der Waals surface area contributed by atoms with Crippen LogP contribution < -0.4 is 0 Å². The van der Waals surface area contributed by atoms with E-state index in [1.54, 1.807) is 0 Å². The average Bonchev–Trinajstić information content (AvgIpc) is 2.21. The highest BCUT2D eigenvalue weighted by Gasteiger charge is 2.09. The highest BCUT2D eigenvalue weighted by Crippen LogP contribution is 2.16. The lowest BCUT2D eigenvalue weighted by molar-refractivity contribution is -0.109. The number of rotatable bonds is 10. The summed E-state index contributed by atoms with van der Waals surface area (Å²) in [6.07, 6.45) is 11.5. The molecule has 0 aromatic rings. The highest BCUT2D eigenvalue weighted by molar-refractivity contribution is 9.20. The molecule has 0 aromatic carbocycles. The number of alkyl halides is 1. The minimum Gasteiger partial charge on any atom is -0.285 e. The Kier molecular flexibility index (Phi) is 11.6. The van der Waals surface area contributed by atoms with Gasteiger partial charge in [0.05, 0.1) is 4.83 Å². The molecule has 1 nitrogen and oxygen atoms in total. The number of unbranched alkanes of at least 4 members (excludes halogenated alkanes) is 7. The molecule has 0 amide bonds. The minimum atomic E-state index is 0.0117. The van der Waals surface area contributed by atoms with Crippen LogP contribution in [0.15, 0.2) is 0 Å². The Labute approximate surface area is 111 Å². The largest absolute Gasteiger partial charge is 0.285 e. The number of hydrogen-bond donors (Lipinski definition) is 0. The van der Waals surface area contributed by atoms with Crippen LogP contribution in [0.25, 0.3) is 0 Å². The van der Waals surface area contributed by atoms with Gasteiger partial charge in [0.1, 0.15) is 0 Å². The van der Waals surface area contributed by atoms with Gasteiger partial charge in [0, 0.05) is 0 Å². The lowest BCUT2D eigenvalue weighted by atomic mass is 10.1. The molecule has 1 atom stereocenters. The summed E-state index contributed by atoms with van der Waals surface area (Å²) in [6.45, 7) is 2.24. The zero-order chi connectivity index (χ0) is 11.5. The van der Waals surface area contributed by atoms with Gasteiger partial charge in [0.15, 0.2) is 0 Å². The van der Waals surface area contributed by atoms with Gasteiger partial charge in [-0.25, -0.2) is 0 Å². The average molecular weight is 342 g/mol. The van der Waals surface area contributed by atoms with Crippen molar-refractivity contribution < 1.29 is 4.79 Å². The van der Waals surface area contributed by atoms with E-state index in [9.17, 15) is 4.79 Å². The zero-order valence-corrected chi connectivity index (χ0v) is 12.8. The Hall–Kier alpha value is 0.630. The minimum absolute atomic E-state index is 0.0117. The third-order valence-corrected chi connectivity index (χ3v) is 4.60. The van der Waals surface area contributed by atoms with Gasteiger partial charge >= 0.3 is 0 Å². The molecule has 0 rings (SSSR count). The molecule has 0 aromatic heterocycles. The van der Waals surface area contributed by atoms with Crippen LogP contribution in [0, 0.1) is 0 Å². The van der Waals surface area contributed by atoms with Gasteiger partial charge in [-0.2, -0.15) is 0 Å². The summed E-state index contributed by atoms with van der Waals surface area (Å²) in [5.41, 5.74) is 0. The van der Waals surface area contributed by atoms with Crippen molar-refractivity contribution >= 4 is 36.6 Å². The Morgan fingerprint density at radius 1 is 1.00 bits per heavy atom. The summed E-state index contributed by atoms with van der Waals surface area (Å²) >= 11 is 6.31. The second kappa shape index (κ2) is 11.1. The summed E-state index contributed by atoms with van der Waals surface area (Å²) in [6, 6.07) is 0. The first-order chi connectivity index (χ1) is 7.18. The quantitative estimate of drug-likeness (QED) is 0.303. The summed E-state index contributed by atoms with van der Waals surface area (Å²) in [4.78, 5) is 10.9. The Morgan fingerprint density at radius 3 is 1.93 bits per heavy atom. The molecule has 0 aliphatic heterocycles. The molecule has 1 unspecified atom stereocenters. The molecule has 0 saturated heterocycles. The standard InChI is InChI=1S/C12H22Br2O/c1-2-3-4-5-6-7-8-9-10-11(13)12(14)15/h11H,2-10H2,1H3. The van der Waals surface area contributed by atoms with Crippen molar-refractivity contribution in [2.75, 3.05) is 0 Å². The molecule has 0 aliphatic rings. The zero-order valence-electron chi connectivity index (χ0n) is 9.61. The molecule has 0 bridgehead atoms. The molecule has 0 N–H and O–H groups in total. The van der Waals surface area contributed by atoms with Crippen LogP contribution in [0.1, 0.15) is 64.7 Å². The summed E-state index contributed by atoms with van der Waals surface area (Å²) in [5, 5.41) is 0. The van der Waals surface area contributed by atoms with E-state index in [1.165, 1.54) is 44.9 Å². The van der Waals surface area contributed by atoms with Crippen molar-refractivity contribution in [1.82, 2.24) is 0 Å². The van der Waals surface area contributed by atoms with Gasteiger partial charge in [-0.05, 0) is 22.4 Å². The number of carbonyl (C=O) groups excluding carboxylic acids is 1. The molecule has 0 saturated carbocycles. The van der Waals surface area contributed by atoms with E-state index >= 15 is 0 Å². The van der Waals surface area contributed by atoms with E-state index in [0.717, 1.165) is 12.8 Å². The maximum absolute atomic E-state index is 10.9. The monoisotopic (exact) mass is 340 g/mol. The Bertz CT molecular complexity index is 160. The predicted molar refractivity (Wildman–Crippen MR) is 73.9 cm³/mol. The maximum atomic E-state index is 10.9. The first kappa shape index (κ1) is 15.6.